The second-order valence-corrected chi connectivity index (χ2v) is 5.84. The maximum Gasteiger partial charge on any atom is 0.347 e. The molecule has 0 atom stereocenters. The first-order chi connectivity index (χ1) is 9.95. The van der Waals surface area contributed by atoms with Gasteiger partial charge in [0.2, 0.25) is 0 Å². The van der Waals surface area contributed by atoms with Crippen LogP contribution in [0.5, 0.6) is 5.75 Å². The highest BCUT2D eigenvalue weighted by molar-refractivity contribution is 7.17. The van der Waals surface area contributed by atoms with Crippen molar-refractivity contribution in [3.8, 4) is 5.75 Å². The molecule has 1 aromatic heterocycles. The summed E-state index contributed by atoms with van der Waals surface area (Å²) in [6.45, 7) is 6.81. The summed E-state index contributed by atoms with van der Waals surface area (Å²) in [6.07, 6.45) is 0. The maximum atomic E-state index is 10.9. The average Bonchev–Trinajstić information content (AvgIpc) is 2.75. The van der Waals surface area contributed by atoms with Gasteiger partial charge in [-0.1, -0.05) is 17.4 Å². The zero-order valence-electron chi connectivity index (χ0n) is 12.3. The molecule has 112 valence electrons. The molecular formula is C15H18N2O3S. The van der Waals surface area contributed by atoms with Gasteiger partial charge in [-0.15, -0.1) is 0 Å². The van der Waals surface area contributed by atoms with Crippen LogP contribution in [0.4, 0.5) is 5.13 Å². The normalized spacial score (nSPS) is 10.4. The molecule has 0 bridgehead atoms. The Kier molecular flexibility index (Phi) is 4.80. The zero-order chi connectivity index (χ0) is 15.4. The van der Waals surface area contributed by atoms with Crippen molar-refractivity contribution < 1.29 is 14.6 Å². The van der Waals surface area contributed by atoms with Crippen LogP contribution in [0.2, 0.25) is 0 Å². The van der Waals surface area contributed by atoms with Crippen molar-refractivity contribution in [2.24, 2.45) is 0 Å². The molecule has 2 N–H and O–H groups in total. The Morgan fingerprint density at radius 3 is 2.52 bits per heavy atom. The van der Waals surface area contributed by atoms with Gasteiger partial charge in [0.25, 0.3) is 0 Å². The number of hydrogen-bond acceptors (Lipinski definition) is 5. The number of nitrogens with one attached hydrogen (secondary N) is 1. The number of carbonyl (C=O) groups is 1. The van der Waals surface area contributed by atoms with Gasteiger partial charge in [-0.2, -0.15) is 0 Å². The molecule has 5 nitrogen and oxygen atoms in total. The predicted octanol–water partition coefficient (Wildman–Crippen LogP) is 3.26. The molecule has 0 aliphatic heterocycles. The number of benzene rings is 1. The van der Waals surface area contributed by atoms with E-state index >= 15 is 0 Å². The molecule has 1 aromatic carbocycles. The highest BCUT2D eigenvalue weighted by atomic mass is 32.1. The van der Waals surface area contributed by atoms with Gasteiger partial charge in [-0.05, 0) is 44.0 Å². The van der Waals surface area contributed by atoms with Crippen molar-refractivity contribution in [2.45, 2.75) is 20.8 Å². The molecule has 6 heteroatoms. The summed E-state index contributed by atoms with van der Waals surface area (Å²) in [7, 11) is 0. The van der Waals surface area contributed by atoms with Crippen LogP contribution in [0.3, 0.4) is 0 Å². The Morgan fingerprint density at radius 1 is 1.29 bits per heavy atom. The van der Waals surface area contributed by atoms with Gasteiger partial charge in [-0.3, -0.25) is 0 Å². The number of hydrogen-bond donors (Lipinski definition) is 2. The van der Waals surface area contributed by atoms with Gasteiger partial charge >= 0.3 is 5.97 Å². The third-order valence-electron chi connectivity index (χ3n) is 2.83. The highest BCUT2D eigenvalue weighted by Crippen LogP contribution is 2.22. The van der Waals surface area contributed by atoms with E-state index in [1.54, 1.807) is 6.92 Å². The first-order valence-electron chi connectivity index (χ1n) is 6.61. The summed E-state index contributed by atoms with van der Waals surface area (Å²) in [5.41, 5.74) is 2.87. The van der Waals surface area contributed by atoms with E-state index in [-0.39, 0.29) is 4.88 Å². The molecular weight excluding hydrogens is 288 g/mol. The van der Waals surface area contributed by atoms with Gasteiger partial charge in [0.05, 0.1) is 12.2 Å². The van der Waals surface area contributed by atoms with E-state index in [1.165, 1.54) is 11.1 Å². The first-order valence-corrected chi connectivity index (χ1v) is 7.43. The number of anilines is 1. The number of aromatic nitrogens is 1. The lowest BCUT2D eigenvalue weighted by molar-refractivity contribution is 0.0701. The van der Waals surface area contributed by atoms with Crippen LogP contribution in [0.15, 0.2) is 18.2 Å². The summed E-state index contributed by atoms with van der Waals surface area (Å²) in [5.74, 6) is -0.0969. The number of nitrogens with zero attached hydrogens (tertiary/aromatic N) is 1. The smallest absolute Gasteiger partial charge is 0.347 e. The monoisotopic (exact) mass is 306 g/mol. The van der Waals surface area contributed by atoms with E-state index in [4.69, 9.17) is 9.84 Å². The molecule has 21 heavy (non-hydrogen) atoms. The number of aryl methyl sites for hydroxylation is 3. The minimum absolute atomic E-state index is 0.271. The Labute approximate surface area is 127 Å². The molecule has 0 radical (unpaired) electrons. The molecule has 0 fully saturated rings. The van der Waals surface area contributed by atoms with Gasteiger partial charge in [0.15, 0.2) is 5.13 Å². The third-order valence-corrected chi connectivity index (χ3v) is 3.94. The van der Waals surface area contributed by atoms with Gasteiger partial charge in [-0.25, -0.2) is 9.78 Å². The molecule has 0 saturated carbocycles. The largest absolute Gasteiger partial charge is 0.492 e. The van der Waals surface area contributed by atoms with Crippen molar-refractivity contribution in [1.82, 2.24) is 4.98 Å². The topological polar surface area (TPSA) is 71.5 Å². The SMILES string of the molecule is Cc1cc(C)cc(OCCNc2nc(C)c(C(=O)O)s2)c1. The number of carboxylic acid groups (broad SMARTS) is 1. The lowest BCUT2D eigenvalue weighted by atomic mass is 10.1. The van der Waals surface area contributed by atoms with Crippen LogP contribution in [0, 0.1) is 20.8 Å². The molecule has 0 aliphatic rings. The van der Waals surface area contributed by atoms with E-state index in [0.29, 0.717) is 24.0 Å². The van der Waals surface area contributed by atoms with E-state index in [1.807, 2.05) is 26.0 Å². The van der Waals surface area contributed by atoms with E-state index in [9.17, 15) is 4.79 Å². The minimum Gasteiger partial charge on any atom is -0.492 e. The second-order valence-electron chi connectivity index (χ2n) is 4.84. The number of thiazole rings is 1. The van der Waals surface area contributed by atoms with Gasteiger partial charge < -0.3 is 15.2 Å². The van der Waals surface area contributed by atoms with Gasteiger partial charge in [0, 0.05) is 0 Å². The van der Waals surface area contributed by atoms with E-state index in [0.717, 1.165) is 17.1 Å². The molecule has 1 heterocycles. The Balaban J connectivity index is 1.84. The molecule has 0 unspecified atom stereocenters. The third kappa shape index (κ3) is 4.19. The summed E-state index contributed by atoms with van der Waals surface area (Å²) in [6, 6.07) is 6.07. The van der Waals surface area contributed by atoms with Crippen molar-refractivity contribution in [3.05, 3.63) is 39.9 Å². The summed E-state index contributed by atoms with van der Waals surface area (Å²) < 4.78 is 5.67. The standard InChI is InChI=1S/C15H18N2O3S/c1-9-6-10(2)8-12(7-9)20-5-4-16-15-17-11(3)13(21-15)14(18)19/h6-8H,4-5H2,1-3H3,(H,16,17)(H,18,19). The van der Waals surface area contributed by atoms with Crippen molar-refractivity contribution in [1.29, 1.82) is 0 Å². The lowest BCUT2D eigenvalue weighted by Crippen LogP contribution is -2.11. The molecule has 2 rings (SSSR count). The molecule has 0 aliphatic carbocycles. The Hall–Kier alpha value is -2.08. The Morgan fingerprint density at radius 2 is 1.95 bits per heavy atom. The zero-order valence-corrected chi connectivity index (χ0v) is 13.1. The van der Waals surface area contributed by atoms with Crippen molar-refractivity contribution in [2.75, 3.05) is 18.5 Å². The highest BCUT2D eigenvalue weighted by Gasteiger charge is 2.13. The summed E-state index contributed by atoms with van der Waals surface area (Å²) in [5, 5.41) is 12.7. The van der Waals surface area contributed by atoms with Crippen LogP contribution in [-0.4, -0.2) is 29.2 Å². The fourth-order valence-corrected chi connectivity index (χ4v) is 2.84. The predicted molar refractivity (Wildman–Crippen MR) is 83.7 cm³/mol. The molecule has 0 amide bonds. The Bertz CT molecular complexity index is 632. The van der Waals surface area contributed by atoms with Crippen molar-refractivity contribution >= 4 is 22.4 Å². The summed E-state index contributed by atoms with van der Waals surface area (Å²) in [4.78, 5) is 15.4. The van der Waals surface area contributed by atoms with E-state index in [2.05, 4.69) is 16.4 Å². The second kappa shape index (κ2) is 6.58. The van der Waals surface area contributed by atoms with Crippen molar-refractivity contribution in [3.63, 3.8) is 0 Å². The molecule has 0 saturated heterocycles. The van der Waals surface area contributed by atoms with E-state index < -0.39 is 5.97 Å². The summed E-state index contributed by atoms with van der Waals surface area (Å²) >= 11 is 1.14. The number of aromatic carboxylic acids is 1. The number of carboxylic acids is 1. The maximum absolute atomic E-state index is 10.9. The van der Waals surface area contributed by atoms with Crippen LogP contribution in [-0.2, 0) is 0 Å². The fourth-order valence-electron chi connectivity index (χ4n) is 2.01. The van der Waals surface area contributed by atoms with Crippen LogP contribution in [0.1, 0.15) is 26.5 Å². The lowest BCUT2D eigenvalue weighted by Gasteiger charge is -2.08. The first kappa shape index (κ1) is 15.3. The number of rotatable bonds is 6. The quantitative estimate of drug-likeness (QED) is 0.802. The molecule has 2 aromatic rings. The fraction of sp³-hybridized carbons (Fsp3) is 0.333. The number of ether oxygens (including phenoxy) is 1. The minimum atomic E-state index is -0.940. The van der Waals surface area contributed by atoms with Gasteiger partial charge in [0.1, 0.15) is 17.2 Å². The van der Waals surface area contributed by atoms with Crippen LogP contribution < -0.4 is 10.1 Å². The average molecular weight is 306 g/mol. The molecule has 0 spiro atoms. The van der Waals surface area contributed by atoms with Crippen LogP contribution >= 0.6 is 11.3 Å². The van der Waals surface area contributed by atoms with Crippen LogP contribution in [0.25, 0.3) is 0 Å².